The van der Waals surface area contributed by atoms with Crippen molar-refractivity contribution in [3.63, 3.8) is 0 Å². The average Bonchev–Trinajstić information content (AvgIpc) is 3.38. The van der Waals surface area contributed by atoms with Crippen LogP contribution >= 0.6 is 34.9 Å². The quantitative estimate of drug-likeness (QED) is 0.568. The van der Waals surface area contributed by atoms with E-state index in [-0.39, 0.29) is 17.7 Å². The predicted molar refractivity (Wildman–Crippen MR) is 109 cm³/mol. The zero-order chi connectivity index (χ0) is 19.4. The van der Waals surface area contributed by atoms with Crippen molar-refractivity contribution in [1.29, 1.82) is 0 Å². The number of rotatable bonds is 5. The summed E-state index contributed by atoms with van der Waals surface area (Å²) in [4.78, 5) is 25.8. The number of aryl methyl sites for hydroxylation is 1. The van der Waals surface area contributed by atoms with Gasteiger partial charge in [0.05, 0.1) is 11.5 Å². The fraction of sp³-hybridized carbons (Fsp3) is 0.400. The van der Waals surface area contributed by atoms with Crippen LogP contribution in [0.15, 0.2) is 10.3 Å². The third kappa shape index (κ3) is 2.68. The first-order valence-corrected chi connectivity index (χ1v) is 11.4. The molecule has 0 saturated heterocycles. The minimum absolute atomic E-state index is 0.121. The highest BCUT2D eigenvalue weighted by Gasteiger charge is 2.44. The molecule has 0 radical (unpaired) electrons. The summed E-state index contributed by atoms with van der Waals surface area (Å²) in [5.74, 6) is 0.0227. The Morgan fingerprint density at radius 1 is 1.18 bits per heavy atom. The molecule has 0 aromatic carbocycles. The molecule has 2 aromatic rings. The molecule has 0 saturated carbocycles. The highest BCUT2D eigenvalue weighted by molar-refractivity contribution is 8.14. The van der Waals surface area contributed by atoms with Gasteiger partial charge in [-0.15, -0.1) is 21.5 Å². The van der Waals surface area contributed by atoms with Gasteiger partial charge in [0.15, 0.2) is 16.5 Å². The molecule has 1 atom stereocenters. The van der Waals surface area contributed by atoms with Gasteiger partial charge in [0.1, 0.15) is 5.00 Å². The van der Waals surface area contributed by atoms with E-state index in [1.165, 1.54) is 39.5 Å². The summed E-state index contributed by atoms with van der Waals surface area (Å²) in [7, 11) is 0. The molecule has 2 amide bonds. The number of carbonyl (C=O) groups excluding carboxylic acids is 2. The Kier molecular flexibility index (Phi) is 4.25. The average molecular weight is 437 g/mol. The number of amidine groups is 1. The Morgan fingerprint density at radius 2 is 1.96 bits per heavy atom. The standard InChI is InChI=1S/C15H16N8O2S3/c16-8(24)4-26-14-20-18-11-10-6-2-1-3-7(6)28-12(10)23-13(22(11)14)19-21-15(23)27-5-9(17)25/h11,18H,1-5H2,(H2,16,24)(H2,17,25). The number of aromatic nitrogens is 3. The summed E-state index contributed by atoms with van der Waals surface area (Å²) in [6, 6.07) is 0. The fourth-order valence-corrected chi connectivity index (χ4v) is 6.52. The van der Waals surface area contributed by atoms with E-state index in [1.54, 1.807) is 11.3 Å². The van der Waals surface area contributed by atoms with Gasteiger partial charge in [-0.25, -0.2) is 4.57 Å². The van der Waals surface area contributed by atoms with Gasteiger partial charge in [-0.2, -0.15) is 5.10 Å². The SMILES string of the molecule is NC(=O)CSC1=NNC2c3c(sc4c3CCC4)-n3c(SCC(N)=O)nnc3N12. The van der Waals surface area contributed by atoms with Crippen LogP contribution in [0.25, 0.3) is 5.00 Å². The lowest BCUT2D eigenvalue weighted by Crippen LogP contribution is -2.38. The van der Waals surface area contributed by atoms with Gasteiger partial charge in [-0.1, -0.05) is 23.5 Å². The molecule has 28 heavy (non-hydrogen) atoms. The van der Waals surface area contributed by atoms with Gasteiger partial charge in [0.2, 0.25) is 17.8 Å². The van der Waals surface area contributed by atoms with E-state index in [0.29, 0.717) is 16.3 Å². The van der Waals surface area contributed by atoms with Gasteiger partial charge >= 0.3 is 0 Å². The Labute approximate surface area is 172 Å². The maximum absolute atomic E-state index is 11.3. The number of thioether (sulfide) groups is 2. The highest BCUT2D eigenvalue weighted by Crippen LogP contribution is 2.49. The Balaban J connectivity index is 1.61. The molecule has 0 bridgehead atoms. The summed E-state index contributed by atoms with van der Waals surface area (Å²) in [6.07, 6.45) is 3.04. The molecule has 5 N–H and O–H groups in total. The summed E-state index contributed by atoms with van der Waals surface area (Å²) >= 11 is 4.26. The molecule has 0 fully saturated rings. The maximum atomic E-state index is 11.3. The van der Waals surface area contributed by atoms with E-state index in [1.807, 2.05) is 9.47 Å². The van der Waals surface area contributed by atoms with Crippen LogP contribution in [0.4, 0.5) is 5.95 Å². The Hall–Kier alpha value is -2.25. The zero-order valence-corrected chi connectivity index (χ0v) is 17.0. The van der Waals surface area contributed by atoms with E-state index in [0.717, 1.165) is 24.3 Å². The normalized spacial score (nSPS) is 18.8. The van der Waals surface area contributed by atoms with Crippen LogP contribution < -0.4 is 21.8 Å². The smallest absolute Gasteiger partial charge is 0.241 e. The van der Waals surface area contributed by atoms with Crippen molar-refractivity contribution < 1.29 is 9.59 Å². The van der Waals surface area contributed by atoms with Crippen LogP contribution in [0, 0.1) is 0 Å². The van der Waals surface area contributed by atoms with Gasteiger partial charge in [0, 0.05) is 10.4 Å². The molecule has 4 heterocycles. The van der Waals surface area contributed by atoms with Crippen molar-refractivity contribution in [2.24, 2.45) is 16.6 Å². The molecule has 0 spiro atoms. The Morgan fingerprint density at radius 3 is 2.75 bits per heavy atom. The second-order valence-corrected chi connectivity index (χ2v) is 9.47. The number of nitrogens with two attached hydrogens (primary N) is 2. The van der Waals surface area contributed by atoms with Crippen LogP contribution in [0.1, 0.15) is 28.6 Å². The fourth-order valence-electron chi connectivity index (χ4n) is 3.66. The number of hydrogen-bond acceptors (Lipinski definition) is 10. The number of primary amides is 2. The third-order valence-corrected chi connectivity index (χ3v) is 7.90. The monoisotopic (exact) mass is 436 g/mol. The van der Waals surface area contributed by atoms with Crippen molar-refractivity contribution in [3.05, 3.63) is 16.0 Å². The molecule has 13 heteroatoms. The number of fused-ring (bicyclic) bond motifs is 8. The topological polar surface area (TPSA) is 145 Å². The zero-order valence-electron chi connectivity index (χ0n) is 14.5. The lowest BCUT2D eigenvalue weighted by Gasteiger charge is -2.31. The van der Waals surface area contributed by atoms with Crippen molar-refractivity contribution in [2.45, 2.75) is 30.6 Å². The minimum atomic E-state index is -0.413. The molecular formula is C15H16N8O2S3. The number of amides is 2. The van der Waals surface area contributed by atoms with Crippen LogP contribution in [0.2, 0.25) is 0 Å². The van der Waals surface area contributed by atoms with Gasteiger partial charge in [-0.3, -0.25) is 19.9 Å². The number of hydrazone groups is 1. The molecule has 3 aliphatic rings. The molecule has 5 rings (SSSR count). The first-order valence-electron chi connectivity index (χ1n) is 8.59. The van der Waals surface area contributed by atoms with E-state index < -0.39 is 11.8 Å². The number of thiophene rings is 1. The maximum Gasteiger partial charge on any atom is 0.241 e. The molecule has 10 nitrogen and oxygen atoms in total. The molecule has 1 aliphatic carbocycles. The van der Waals surface area contributed by atoms with E-state index in [9.17, 15) is 9.59 Å². The first-order chi connectivity index (χ1) is 13.5. The molecule has 146 valence electrons. The molecular weight excluding hydrogens is 420 g/mol. The van der Waals surface area contributed by atoms with Gasteiger partial charge in [0.25, 0.3) is 0 Å². The van der Waals surface area contributed by atoms with E-state index in [2.05, 4.69) is 20.7 Å². The first kappa shape index (κ1) is 17.8. The summed E-state index contributed by atoms with van der Waals surface area (Å²) in [6.45, 7) is 0. The van der Waals surface area contributed by atoms with Crippen molar-refractivity contribution in [3.8, 4) is 5.00 Å². The molecule has 1 unspecified atom stereocenters. The van der Waals surface area contributed by atoms with E-state index >= 15 is 0 Å². The summed E-state index contributed by atoms with van der Waals surface area (Å²) in [5, 5.41) is 15.4. The highest BCUT2D eigenvalue weighted by atomic mass is 32.2. The Bertz CT molecular complexity index is 1030. The van der Waals surface area contributed by atoms with E-state index in [4.69, 9.17) is 11.5 Å². The largest absolute Gasteiger partial charge is 0.369 e. The van der Waals surface area contributed by atoms with Gasteiger partial charge in [-0.05, 0) is 24.8 Å². The van der Waals surface area contributed by atoms with Crippen LogP contribution in [-0.2, 0) is 22.4 Å². The summed E-state index contributed by atoms with van der Waals surface area (Å²) < 4.78 is 1.97. The second-order valence-electron chi connectivity index (χ2n) is 6.50. The van der Waals surface area contributed by atoms with Crippen molar-refractivity contribution in [1.82, 2.24) is 20.2 Å². The number of nitrogens with one attached hydrogen (secondary N) is 1. The predicted octanol–water partition coefficient (Wildman–Crippen LogP) is 0.306. The van der Waals surface area contributed by atoms with Crippen molar-refractivity contribution in [2.75, 3.05) is 16.4 Å². The van der Waals surface area contributed by atoms with Crippen LogP contribution in [0.5, 0.6) is 0 Å². The van der Waals surface area contributed by atoms with Crippen LogP contribution in [-0.4, -0.2) is 43.3 Å². The number of nitrogens with zero attached hydrogens (tertiary/aromatic N) is 5. The second kappa shape index (κ2) is 6.67. The molecule has 2 aromatic heterocycles. The lowest BCUT2D eigenvalue weighted by atomic mass is 10.1. The van der Waals surface area contributed by atoms with Gasteiger partial charge < -0.3 is 11.5 Å². The number of carbonyl (C=O) groups is 2. The number of anilines is 1. The number of hydrogen-bond donors (Lipinski definition) is 3. The third-order valence-electron chi connectivity index (χ3n) is 4.68. The van der Waals surface area contributed by atoms with Crippen LogP contribution in [0.3, 0.4) is 0 Å². The minimum Gasteiger partial charge on any atom is -0.369 e. The lowest BCUT2D eigenvalue weighted by molar-refractivity contribution is -0.116. The van der Waals surface area contributed by atoms with Crippen molar-refractivity contribution >= 4 is 57.8 Å². The molecule has 2 aliphatic heterocycles. The summed E-state index contributed by atoms with van der Waals surface area (Å²) in [5.41, 5.74) is 16.3.